The average Bonchev–Trinajstić information content (AvgIpc) is 2.53. The number of amides is 1. The molecule has 0 atom stereocenters. The van der Waals surface area contributed by atoms with Crippen molar-refractivity contribution >= 4 is 16.9 Å². The zero-order chi connectivity index (χ0) is 14.7. The number of rotatable bonds is 3. The van der Waals surface area contributed by atoms with Crippen molar-refractivity contribution in [3.63, 3.8) is 0 Å². The minimum absolute atomic E-state index is 0.00718. The van der Waals surface area contributed by atoms with E-state index in [0.717, 1.165) is 5.56 Å². The Bertz CT molecular complexity index is 841. The second-order valence-corrected chi connectivity index (χ2v) is 4.51. The van der Waals surface area contributed by atoms with Gasteiger partial charge in [0.2, 0.25) is 0 Å². The van der Waals surface area contributed by atoms with Crippen molar-refractivity contribution in [2.75, 3.05) is 0 Å². The van der Waals surface area contributed by atoms with Crippen molar-refractivity contribution in [2.45, 2.75) is 6.54 Å². The first kappa shape index (κ1) is 13.1. The fourth-order valence-corrected chi connectivity index (χ4v) is 1.99. The van der Waals surface area contributed by atoms with Crippen LogP contribution in [0.15, 0.2) is 64.1 Å². The molecule has 21 heavy (non-hydrogen) atoms. The maximum Gasteiger partial charge on any atom is 0.287 e. The summed E-state index contributed by atoms with van der Waals surface area (Å²) in [6.45, 7) is 0.345. The molecular formula is C16H12N2O3. The summed E-state index contributed by atoms with van der Waals surface area (Å²) in [7, 11) is 0. The van der Waals surface area contributed by atoms with Gasteiger partial charge in [-0.05, 0) is 29.8 Å². The number of fused-ring (bicyclic) bond motifs is 1. The summed E-state index contributed by atoms with van der Waals surface area (Å²) in [6.07, 6.45) is 3.30. The average molecular weight is 280 g/mol. The number of hydrogen-bond acceptors (Lipinski definition) is 4. The van der Waals surface area contributed by atoms with Crippen molar-refractivity contribution in [1.82, 2.24) is 10.3 Å². The summed E-state index contributed by atoms with van der Waals surface area (Å²) in [5.41, 5.74) is 1.09. The Balaban J connectivity index is 1.83. The molecule has 1 aromatic carbocycles. The van der Waals surface area contributed by atoms with E-state index >= 15 is 0 Å². The lowest BCUT2D eigenvalue weighted by Gasteiger charge is -2.05. The fourth-order valence-electron chi connectivity index (χ4n) is 1.99. The molecule has 5 nitrogen and oxygen atoms in total. The monoisotopic (exact) mass is 280 g/mol. The second kappa shape index (κ2) is 5.58. The third-order valence-electron chi connectivity index (χ3n) is 3.06. The number of carbonyl (C=O) groups is 1. The third-order valence-corrected chi connectivity index (χ3v) is 3.06. The van der Waals surface area contributed by atoms with Crippen LogP contribution in [0.2, 0.25) is 0 Å². The highest BCUT2D eigenvalue weighted by Crippen LogP contribution is 2.11. The number of aromatic nitrogens is 1. The summed E-state index contributed by atoms with van der Waals surface area (Å²) in [5.74, 6) is -0.414. The molecule has 1 amide bonds. The van der Waals surface area contributed by atoms with Crippen molar-refractivity contribution in [3.8, 4) is 0 Å². The molecule has 0 spiro atoms. The van der Waals surface area contributed by atoms with E-state index in [-0.39, 0.29) is 11.2 Å². The SMILES string of the molecule is O=C(NCc1ccncc1)c1cc(=O)c2ccccc2o1. The van der Waals surface area contributed by atoms with Crippen molar-refractivity contribution in [1.29, 1.82) is 0 Å². The van der Waals surface area contributed by atoms with Gasteiger partial charge in [-0.1, -0.05) is 12.1 Å². The summed E-state index contributed by atoms with van der Waals surface area (Å²) < 4.78 is 5.47. The summed E-state index contributed by atoms with van der Waals surface area (Å²) in [6, 6.07) is 11.7. The zero-order valence-corrected chi connectivity index (χ0v) is 11.1. The molecule has 0 fully saturated rings. The van der Waals surface area contributed by atoms with Crippen LogP contribution in [0.1, 0.15) is 16.1 Å². The maximum absolute atomic E-state index is 12.1. The summed E-state index contributed by atoms with van der Waals surface area (Å²) in [5, 5.41) is 3.17. The Morgan fingerprint density at radius 2 is 1.90 bits per heavy atom. The zero-order valence-electron chi connectivity index (χ0n) is 11.1. The lowest BCUT2D eigenvalue weighted by Crippen LogP contribution is -2.24. The van der Waals surface area contributed by atoms with E-state index in [9.17, 15) is 9.59 Å². The van der Waals surface area contributed by atoms with E-state index in [4.69, 9.17) is 4.42 Å². The fraction of sp³-hybridized carbons (Fsp3) is 0.0625. The number of para-hydroxylation sites is 1. The van der Waals surface area contributed by atoms with Gasteiger partial charge in [-0.25, -0.2) is 0 Å². The van der Waals surface area contributed by atoms with Crippen LogP contribution < -0.4 is 10.7 Å². The molecule has 3 rings (SSSR count). The molecule has 3 aromatic rings. The Kier molecular flexibility index (Phi) is 3.47. The van der Waals surface area contributed by atoms with E-state index in [1.165, 1.54) is 6.07 Å². The van der Waals surface area contributed by atoms with E-state index in [1.807, 2.05) is 0 Å². The Morgan fingerprint density at radius 1 is 1.14 bits per heavy atom. The summed E-state index contributed by atoms with van der Waals surface area (Å²) >= 11 is 0. The molecule has 0 aliphatic rings. The van der Waals surface area contributed by atoms with Gasteiger partial charge in [0.25, 0.3) is 5.91 Å². The quantitative estimate of drug-likeness (QED) is 0.797. The molecule has 0 aliphatic carbocycles. The molecule has 2 heterocycles. The van der Waals surface area contributed by atoms with Gasteiger partial charge in [0.15, 0.2) is 11.2 Å². The van der Waals surface area contributed by atoms with Gasteiger partial charge in [-0.3, -0.25) is 14.6 Å². The van der Waals surface area contributed by atoms with Crippen molar-refractivity contribution in [2.24, 2.45) is 0 Å². The molecule has 0 unspecified atom stereocenters. The molecule has 0 saturated carbocycles. The molecule has 0 saturated heterocycles. The van der Waals surface area contributed by atoms with Crippen LogP contribution in [0.25, 0.3) is 11.0 Å². The summed E-state index contributed by atoms with van der Waals surface area (Å²) in [4.78, 5) is 27.9. The lowest BCUT2D eigenvalue weighted by molar-refractivity contribution is 0.0923. The van der Waals surface area contributed by atoms with E-state index in [2.05, 4.69) is 10.3 Å². The van der Waals surface area contributed by atoms with Crippen LogP contribution in [0.3, 0.4) is 0 Å². The van der Waals surface area contributed by atoms with Crippen LogP contribution in [0.5, 0.6) is 0 Å². The predicted molar refractivity (Wildman–Crippen MR) is 77.9 cm³/mol. The molecule has 104 valence electrons. The number of nitrogens with one attached hydrogen (secondary N) is 1. The highest BCUT2D eigenvalue weighted by Gasteiger charge is 2.11. The molecule has 0 aliphatic heterocycles. The van der Waals surface area contributed by atoms with Gasteiger partial charge in [0.05, 0.1) is 5.39 Å². The van der Waals surface area contributed by atoms with Crippen LogP contribution >= 0.6 is 0 Å². The van der Waals surface area contributed by atoms with Gasteiger partial charge >= 0.3 is 0 Å². The normalized spacial score (nSPS) is 10.5. The first-order valence-corrected chi connectivity index (χ1v) is 6.44. The first-order valence-electron chi connectivity index (χ1n) is 6.44. The smallest absolute Gasteiger partial charge is 0.287 e. The predicted octanol–water partition coefficient (Wildman–Crippen LogP) is 2.12. The number of pyridine rings is 1. The van der Waals surface area contributed by atoms with E-state index in [1.54, 1.807) is 48.8 Å². The minimum atomic E-state index is -0.422. The van der Waals surface area contributed by atoms with E-state index in [0.29, 0.717) is 17.5 Å². The van der Waals surface area contributed by atoms with Gasteiger partial charge in [0, 0.05) is 25.0 Å². The van der Waals surface area contributed by atoms with Gasteiger partial charge in [0.1, 0.15) is 5.58 Å². The van der Waals surface area contributed by atoms with Crippen LogP contribution in [-0.2, 0) is 6.54 Å². The van der Waals surface area contributed by atoms with Crippen LogP contribution in [0, 0.1) is 0 Å². The highest BCUT2D eigenvalue weighted by atomic mass is 16.3. The standard InChI is InChI=1S/C16H12N2O3/c19-13-9-15(21-14-4-2-1-3-12(13)14)16(20)18-10-11-5-7-17-8-6-11/h1-9H,10H2,(H,18,20). The lowest BCUT2D eigenvalue weighted by atomic mass is 10.2. The molecule has 0 bridgehead atoms. The number of hydrogen-bond donors (Lipinski definition) is 1. The molecule has 0 radical (unpaired) electrons. The van der Waals surface area contributed by atoms with Crippen LogP contribution in [0.4, 0.5) is 0 Å². The highest BCUT2D eigenvalue weighted by molar-refractivity contribution is 5.93. The second-order valence-electron chi connectivity index (χ2n) is 4.51. The molecular weight excluding hydrogens is 268 g/mol. The molecule has 1 N–H and O–H groups in total. The Morgan fingerprint density at radius 3 is 2.71 bits per heavy atom. The Hall–Kier alpha value is -2.95. The third kappa shape index (κ3) is 2.81. The van der Waals surface area contributed by atoms with Gasteiger partial charge in [-0.2, -0.15) is 0 Å². The largest absolute Gasteiger partial charge is 0.451 e. The number of benzene rings is 1. The first-order chi connectivity index (χ1) is 10.2. The topological polar surface area (TPSA) is 72.2 Å². The molecule has 5 heteroatoms. The molecule has 2 aromatic heterocycles. The maximum atomic E-state index is 12.1. The van der Waals surface area contributed by atoms with Crippen LogP contribution in [-0.4, -0.2) is 10.9 Å². The van der Waals surface area contributed by atoms with Gasteiger partial charge in [-0.15, -0.1) is 0 Å². The van der Waals surface area contributed by atoms with Gasteiger partial charge < -0.3 is 9.73 Å². The van der Waals surface area contributed by atoms with Crippen molar-refractivity contribution in [3.05, 3.63) is 76.4 Å². The number of carbonyl (C=O) groups excluding carboxylic acids is 1. The van der Waals surface area contributed by atoms with E-state index < -0.39 is 5.91 Å². The minimum Gasteiger partial charge on any atom is -0.451 e. The number of nitrogens with zero attached hydrogens (tertiary/aromatic N) is 1. The van der Waals surface area contributed by atoms with Crippen molar-refractivity contribution < 1.29 is 9.21 Å². The Labute approximate surface area is 120 Å².